The van der Waals surface area contributed by atoms with E-state index in [1.165, 1.54) is 0 Å². The molecule has 1 aromatic heterocycles. The molecule has 74 valence electrons. The van der Waals surface area contributed by atoms with Crippen LogP contribution in [0, 0.1) is 0 Å². The van der Waals surface area contributed by atoms with Gasteiger partial charge in [-0.25, -0.2) is 4.79 Å². The van der Waals surface area contributed by atoms with Gasteiger partial charge in [-0.2, -0.15) is 0 Å². The van der Waals surface area contributed by atoms with E-state index in [4.69, 9.17) is 5.11 Å². The number of rotatable bonds is 4. The van der Waals surface area contributed by atoms with Crippen LogP contribution in [0.5, 0.6) is 0 Å². The molecule has 0 radical (unpaired) electrons. The Balaban J connectivity index is 2.43. The number of hydrogen-bond donors (Lipinski definition) is 1. The SMILES string of the molecule is CC(=CCSc1ccncc1)C(=O)O. The second kappa shape index (κ2) is 5.44. The minimum absolute atomic E-state index is 0.381. The molecule has 0 unspecified atom stereocenters. The highest BCUT2D eigenvalue weighted by molar-refractivity contribution is 7.99. The molecule has 4 heteroatoms. The zero-order valence-corrected chi connectivity index (χ0v) is 8.62. The van der Waals surface area contributed by atoms with Crippen LogP contribution < -0.4 is 0 Å². The standard InChI is InChI=1S/C10H11NO2S/c1-8(10(12)13)4-7-14-9-2-5-11-6-3-9/h2-6H,7H2,1H3,(H,12,13). The number of pyridine rings is 1. The fourth-order valence-corrected chi connectivity index (χ4v) is 1.62. The fraction of sp³-hybridized carbons (Fsp3) is 0.200. The summed E-state index contributed by atoms with van der Waals surface area (Å²) in [6, 6.07) is 3.79. The van der Waals surface area contributed by atoms with Gasteiger partial charge >= 0.3 is 5.97 Å². The van der Waals surface area contributed by atoms with Crippen LogP contribution >= 0.6 is 11.8 Å². The van der Waals surface area contributed by atoms with Gasteiger partial charge in [0.2, 0.25) is 0 Å². The van der Waals surface area contributed by atoms with Crippen molar-refractivity contribution in [3.63, 3.8) is 0 Å². The van der Waals surface area contributed by atoms with E-state index >= 15 is 0 Å². The number of carboxylic acid groups (broad SMARTS) is 1. The van der Waals surface area contributed by atoms with Crippen molar-refractivity contribution in [3.8, 4) is 0 Å². The summed E-state index contributed by atoms with van der Waals surface area (Å²) in [6.07, 6.45) is 5.14. The molecule has 1 N–H and O–H groups in total. The molecule has 14 heavy (non-hydrogen) atoms. The summed E-state index contributed by atoms with van der Waals surface area (Å²) in [4.78, 5) is 15.4. The van der Waals surface area contributed by atoms with Crippen LogP contribution in [0.3, 0.4) is 0 Å². The van der Waals surface area contributed by atoms with Crippen molar-refractivity contribution in [1.29, 1.82) is 0 Å². The lowest BCUT2D eigenvalue weighted by Gasteiger charge is -1.97. The van der Waals surface area contributed by atoms with E-state index in [1.54, 1.807) is 37.2 Å². The Bertz CT molecular complexity index is 335. The Morgan fingerprint density at radius 3 is 2.79 bits per heavy atom. The van der Waals surface area contributed by atoms with E-state index in [2.05, 4.69) is 4.98 Å². The maximum Gasteiger partial charge on any atom is 0.330 e. The molecule has 1 aromatic rings. The van der Waals surface area contributed by atoms with Crippen molar-refractivity contribution in [2.24, 2.45) is 0 Å². The van der Waals surface area contributed by atoms with Gasteiger partial charge in [0, 0.05) is 28.6 Å². The van der Waals surface area contributed by atoms with E-state index in [0.717, 1.165) is 4.90 Å². The Kier molecular flexibility index (Phi) is 4.19. The van der Waals surface area contributed by atoms with Crippen LogP contribution in [0.4, 0.5) is 0 Å². The topological polar surface area (TPSA) is 50.2 Å². The van der Waals surface area contributed by atoms with E-state index in [-0.39, 0.29) is 0 Å². The second-order valence-corrected chi connectivity index (χ2v) is 3.78. The lowest BCUT2D eigenvalue weighted by atomic mass is 10.3. The molecular weight excluding hydrogens is 198 g/mol. The Labute approximate surface area is 86.9 Å². The summed E-state index contributed by atoms with van der Waals surface area (Å²) in [5.74, 6) is -0.192. The predicted molar refractivity (Wildman–Crippen MR) is 56.4 cm³/mol. The molecule has 1 rings (SSSR count). The third-order valence-corrected chi connectivity index (χ3v) is 2.57. The molecule has 1 heterocycles. The van der Waals surface area contributed by atoms with Crippen molar-refractivity contribution < 1.29 is 9.90 Å². The minimum Gasteiger partial charge on any atom is -0.478 e. The van der Waals surface area contributed by atoms with Gasteiger partial charge in [-0.3, -0.25) is 4.98 Å². The van der Waals surface area contributed by atoms with Crippen LogP contribution in [0.2, 0.25) is 0 Å². The van der Waals surface area contributed by atoms with Gasteiger partial charge in [0.15, 0.2) is 0 Å². The largest absolute Gasteiger partial charge is 0.478 e. The molecule has 0 fully saturated rings. The predicted octanol–water partition coefficient (Wildman–Crippen LogP) is 2.20. The number of carbonyl (C=O) groups is 1. The number of thioether (sulfide) groups is 1. The van der Waals surface area contributed by atoms with Crippen molar-refractivity contribution in [2.75, 3.05) is 5.75 Å². The fourth-order valence-electron chi connectivity index (χ4n) is 0.785. The first-order valence-corrected chi connectivity index (χ1v) is 5.11. The molecule has 3 nitrogen and oxygen atoms in total. The highest BCUT2D eigenvalue weighted by Gasteiger charge is 1.98. The van der Waals surface area contributed by atoms with Gasteiger partial charge < -0.3 is 5.11 Å². The first kappa shape index (κ1) is 10.8. The van der Waals surface area contributed by atoms with Crippen LogP contribution in [-0.2, 0) is 4.79 Å². The van der Waals surface area contributed by atoms with Gasteiger partial charge in [-0.15, -0.1) is 11.8 Å². The molecule has 0 amide bonds. The number of nitrogens with zero attached hydrogens (tertiary/aromatic N) is 1. The summed E-state index contributed by atoms with van der Waals surface area (Å²) in [7, 11) is 0. The molecule has 0 aliphatic rings. The van der Waals surface area contributed by atoms with Gasteiger partial charge in [-0.1, -0.05) is 6.08 Å². The molecule has 0 saturated heterocycles. The summed E-state index contributed by atoms with van der Waals surface area (Å²) in [5, 5.41) is 8.59. The van der Waals surface area contributed by atoms with E-state index in [0.29, 0.717) is 11.3 Å². The van der Waals surface area contributed by atoms with E-state index in [9.17, 15) is 4.79 Å². The maximum atomic E-state index is 10.5. The molecule has 0 bridgehead atoms. The first-order valence-electron chi connectivity index (χ1n) is 4.13. The third-order valence-electron chi connectivity index (χ3n) is 1.63. The van der Waals surface area contributed by atoms with Crippen molar-refractivity contribution in [1.82, 2.24) is 4.98 Å². The first-order chi connectivity index (χ1) is 6.70. The number of aromatic nitrogens is 1. The lowest BCUT2D eigenvalue weighted by Crippen LogP contribution is -1.96. The van der Waals surface area contributed by atoms with Crippen LogP contribution in [0.15, 0.2) is 41.1 Å². The van der Waals surface area contributed by atoms with E-state index < -0.39 is 5.97 Å². The minimum atomic E-state index is -0.861. The molecular formula is C10H11NO2S. The molecule has 0 aromatic carbocycles. The summed E-state index contributed by atoms with van der Waals surface area (Å²) in [6.45, 7) is 1.59. The van der Waals surface area contributed by atoms with Crippen LogP contribution in [-0.4, -0.2) is 21.8 Å². The zero-order valence-electron chi connectivity index (χ0n) is 7.80. The van der Waals surface area contributed by atoms with Crippen molar-refractivity contribution in [2.45, 2.75) is 11.8 Å². The average Bonchev–Trinajstić information content (AvgIpc) is 2.19. The van der Waals surface area contributed by atoms with E-state index in [1.807, 2.05) is 12.1 Å². The van der Waals surface area contributed by atoms with Gasteiger partial charge in [0.05, 0.1) is 0 Å². The molecule has 0 atom stereocenters. The normalized spacial score (nSPS) is 11.4. The molecule has 0 aliphatic heterocycles. The molecule has 0 spiro atoms. The lowest BCUT2D eigenvalue weighted by molar-refractivity contribution is -0.132. The summed E-state index contributed by atoms with van der Waals surface area (Å²) >= 11 is 1.59. The average molecular weight is 209 g/mol. The Morgan fingerprint density at radius 1 is 1.57 bits per heavy atom. The van der Waals surface area contributed by atoms with Gasteiger partial charge in [0.25, 0.3) is 0 Å². The van der Waals surface area contributed by atoms with Crippen LogP contribution in [0.1, 0.15) is 6.92 Å². The summed E-state index contributed by atoms with van der Waals surface area (Å²) < 4.78 is 0. The van der Waals surface area contributed by atoms with Gasteiger partial charge in [-0.05, 0) is 19.1 Å². The highest BCUT2D eigenvalue weighted by Crippen LogP contribution is 2.16. The maximum absolute atomic E-state index is 10.5. The third kappa shape index (κ3) is 3.62. The Hall–Kier alpha value is -1.29. The Morgan fingerprint density at radius 2 is 2.21 bits per heavy atom. The van der Waals surface area contributed by atoms with Crippen molar-refractivity contribution >= 4 is 17.7 Å². The number of carboxylic acids is 1. The number of aliphatic carboxylic acids is 1. The van der Waals surface area contributed by atoms with Gasteiger partial charge in [0.1, 0.15) is 0 Å². The second-order valence-electron chi connectivity index (χ2n) is 2.69. The smallest absolute Gasteiger partial charge is 0.330 e. The molecule has 0 saturated carbocycles. The quantitative estimate of drug-likeness (QED) is 0.610. The summed E-state index contributed by atoms with van der Waals surface area (Å²) in [5.41, 5.74) is 0.381. The van der Waals surface area contributed by atoms with Crippen LogP contribution in [0.25, 0.3) is 0 Å². The monoisotopic (exact) mass is 209 g/mol. The zero-order chi connectivity index (χ0) is 10.4. The van der Waals surface area contributed by atoms with Crippen molar-refractivity contribution in [3.05, 3.63) is 36.2 Å². The molecule has 0 aliphatic carbocycles. The number of hydrogen-bond acceptors (Lipinski definition) is 3. The highest BCUT2D eigenvalue weighted by atomic mass is 32.2.